The van der Waals surface area contributed by atoms with E-state index in [2.05, 4.69) is 21.0 Å². The minimum absolute atomic E-state index is 0.248. The van der Waals surface area contributed by atoms with Gasteiger partial charge in [-0.2, -0.15) is 9.78 Å². The molecule has 0 bridgehead atoms. The van der Waals surface area contributed by atoms with Gasteiger partial charge in [0.05, 0.1) is 24.2 Å². The van der Waals surface area contributed by atoms with E-state index in [-0.39, 0.29) is 11.4 Å². The van der Waals surface area contributed by atoms with E-state index < -0.39 is 12.1 Å². The molecule has 0 aliphatic carbocycles. The van der Waals surface area contributed by atoms with Crippen LogP contribution in [0.25, 0.3) is 44.2 Å². The van der Waals surface area contributed by atoms with E-state index in [1.165, 1.54) is 11.8 Å². The average Bonchev–Trinajstić information content (AvgIpc) is 3.39. The zero-order valence-electron chi connectivity index (χ0n) is 21.5. The highest BCUT2D eigenvalue weighted by Gasteiger charge is 2.19. The Bertz CT molecular complexity index is 2010. The van der Waals surface area contributed by atoms with Crippen molar-refractivity contribution in [3.8, 4) is 17.3 Å². The van der Waals surface area contributed by atoms with Gasteiger partial charge in [-0.3, -0.25) is 4.79 Å². The molecule has 2 heterocycles. The second-order valence-electron chi connectivity index (χ2n) is 9.09. The number of halogens is 1. The fourth-order valence-corrected chi connectivity index (χ4v) is 4.93. The number of methoxy groups -OCH3 is 1. The maximum Gasteiger partial charge on any atom is 0.346 e. The number of carbonyl (C=O) groups excluding carboxylic acids is 1. The van der Waals surface area contributed by atoms with Gasteiger partial charge in [-0.15, -0.1) is 0 Å². The molecular formula is C31H22BrN3O5. The Balaban J connectivity index is 1.56. The Morgan fingerprint density at radius 3 is 2.60 bits per heavy atom. The molecule has 0 unspecified atom stereocenters. The second kappa shape index (κ2) is 10.4. The predicted molar refractivity (Wildman–Crippen MR) is 158 cm³/mol. The summed E-state index contributed by atoms with van der Waals surface area (Å²) in [6.07, 6.45) is 0.691. The van der Waals surface area contributed by atoms with E-state index in [0.717, 1.165) is 20.6 Å². The van der Waals surface area contributed by atoms with Gasteiger partial charge in [0.15, 0.2) is 11.9 Å². The Labute approximate surface area is 236 Å². The molecule has 0 saturated carbocycles. The van der Waals surface area contributed by atoms with Gasteiger partial charge >= 0.3 is 5.97 Å². The minimum atomic E-state index is -0.853. The zero-order chi connectivity index (χ0) is 27.8. The quantitative estimate of drug-likeness (QED) is 0.160. The zero-order valence-corrected chi connectivity index (χ0v) is 23.1. The van der Waals surface area contributed by atoms with Crippen molar-refractivity contribution in [1.29, 1.82) is 0 Å². The summed E-state index contributed by atoms with van der Waals surface area (Å²) in [5.41, 5.74) is 1.41. The number of nitrogens with zero attached hydrogens (tertiary/aromatic N) is 3. The van der Waals surface area contributed by atoms with Crippen LogP contribution >= 0.6 is 15.9 Å². The SMILES string of the molecule is COC(=O)[C@H](C)Oc1ccc2ccccc2c1C=Nn1c(-c2cc3cc(Br)ccc3o2)nc2ccccc2c1=O. The van der Waals surface area contributed by atoms with Crippen molar-refractivity contribution >= 4 is 60.8 Å². The van der Waals surface area contributed by atoms with Crippen LogP contribution in [0.4, 0.5) is 0 Å². The number of rotatable bonds is 6. The molecule has 4 aromatic carbocycles. The van der Waals surface area contributed by atoms with E-state index >= 15 is 0 Å². The standard InChI is InChI=1S/C31H22BrN3O5/c1-18(31(37)38-2)39-27-13-11-19-7-3-4-8-22(19)24(27)17-33-35-29(34-25-10-6-5-9-23(25)30(35)36)28-16-20-15-21(32)12-14-26(20)40-28/h3-18H,1-2H3/t18-/m0/s1. The molecule has 9 heteroatoms. The number of benzene rings is 4. The van der Waals surface area contributed by atoms with Crippen molar-refractivity contribution < 1.29 is 18.7 Å². The Morgan fingerprint density at radius 1 is 1.00 bits per heavy atom. The number of esters is 1. The highest BCUT2D eigenvalue weighted by molar-refractivity contribution is 9.10. The number of carbonyl (C=O) groups is 1. The van der Waals surface area contributed by atoms with E-state index in [0.29, 0.717) is 33.6 Å². The summed E-state index contributed by atoms with van der Waals surface area (Å²) in [4.78, 5) is 30.6. The van der Waals surface area contributed by atoms with Crippen LogP contribution in [0.2, 0.25) is 0 Å². The maximum absolute atomic E-state index is 13.7. The Morgan fingerprint density at radius 2 is 1.77 bits per heavy atom. The van der Waals surface area contributed by atoms with Crippen molar-refractivity contribution in [3.05, 3.63) is 105 Å². The molecule has 0 radical (unpaired) electrons. The molecule has 8 nitrogen and oxygen atoms in total. The number of ether oxygens (including phenoxy) is 2. The van der Waals surface area contributed by atoms with Gasteiger partial charge in [-0.25, -0.2) is 9.78 Å². The first-order valence-electron chi connectivity index (χ1n) is 12.4. The van der Waals surface area contributed by atoms with Gasteiger partial charge < -0.3 is 13.9 Å². The highest BCUT2D eigenvalue weighted by Crippen LogP contribution is 2.30. The molecule has 6 aromatic rings. The van der Waals surface area contributed by atoms with Crippen LogP contribution in [0.5, 0.6) is 5.75 Å². The molecule has 0 saturated heterocycles. The molecule has 1 atom stereocenters. The van der Waals surface area contributed by atoms with Crippen molar-refractivity contribution in [2.75, 3.05) is 7.11 Å². The van der Waals surface area contributed by atoms with Crippen LogP contribution in [0.15, 0.2) is 104 Å². The van der Waals surface area contributed by atoms with E-state index in [4.69, 9.17) is 18.9 Å². The van der Waals surface area contributed by atoms with Crippen molar-refractivity contribution in [3.63, 3.8) is 0 Å². The fourth-order valence-electron chi connectivity index (χ4n) is 4.55. The van der Waals surface area contributed by atoms with Gasteiger partial charge in [0.2, 0.25) is 5.82 Å². The highest BCUT2D eigenvalue weighted by atomic mass is 79.9. The molecule has 0 fully saturated rings. The van der Waals surface area contributed by atoms with Crippen molar-refractivity contribution in [2.24, 2.45) is 5.10 Å². The normalized spacial score (nSPS) is 12.4. The smallest absolute Gasteiger partial charge is 0.346 e. The van der Waals surface area contributed by atoms with E-state index in [9.17, 15) is 9.59 Å². The lowest BCUT2D eigenvalue weighted by molar-refractivity contribution is -0.147. The maximum atomic E-state index is 13.7. The number of hydrogen-bond acceptors (Lipinski definition) is 7. The average molecular weight is 596 g/mol. The molecule has 40 heavy (non-hydrogen) atoms. The van der Waals surface area contributed by atoms with Gasteiger partial charge in [0.25, 0.3) is 5.56 Å². The predicted octanol–water partition coefficient (Wildman–Crippen LogP) is 6.55. The molecule has 0 spiro atoms. The summed E-state index contributed by atoms with van der Waals surface area (Å²) in [6, 6.07) is 25.9. The Hall–Kier alpha value is -4.76. The number of fused-ring (bicyclic) bond motifs is 3. The van der Waals surface area contributed by atoms with Crippen LogP contribution < -0.4 is 10.3 Å². The second-order valence-corrected chi connectivity index (χ2v) is 10.0. The Kier molecular flexibility index (Phi) is 6.65. The lowest BCUT2D eigenvalue weighted by Crippen LogP contribution is -2.25. The first-order chi connectivity index (χ1) is 19.4. The first kappa shape index (κ1) is 25.5. The molecule has 0 amide bonds. The molecule has 0 aliphatic rings. The summed E-state index contributed by atoms with van der Waals surface area (Å²) in [5, 5.41) is 7.66. The first-order valence-corrected chi connectivity index (χ1v) is 13.2. The molecule has 2 aromatic heterocycles. The van der Waals surface area contributed by atoms with Crippen LogP contribution in [0, 0.1) is 0 Å². The van der Waals surface area contributed by atoms with E-state index in [1.54, 1.807) is 37.4 Å². The topological polar surface area (TPSA) is 95.9 Å². The van der Waals surface area contributed by atoms with Crippen LogP contribution in [-0.2, 0) is 9.53 Å². The van der Waals surface area contributed by atoms with Gasteiger partial charge in [-0.05, 0) is 60.2 Å². The third-order valence-electron chi connectivity index (χ3n) is 6.52. The van der Waals surface area contributed by atoms with Crippen molar-refractivity contribution in [1.82, 2.24) is 9.66 Å². The molecule has 0 aliphatic heterocycles. The fraction of sp³-hybridized carbons (Fsp3) is 0.0968. The van der Waals surface area contributed by atoms with Crippen LogP contribution in [0.1, 0.15) is 12.5 Å². The van der Waals surface area contributed by atoms with E-state index in [1.807, 2.05) is 60.7 Å². The molecular weight excluding hydrogens is 574 g/mol. The largest absolute Gasteiger partial charge is 0.478 e. The lowest BCUT2D eigenvalue weighted by atomic mass is 10.0. The summed E-state index contributed by atoms with van der Waals surface area (Å²) < 4.78 is 19.0. The third kappa shape index (κ3) is 4.65. The van der Waals surface area contributed by atoms with Gasteiger partial charge in [0.1, 0.15) is 11.3 Å². The summed E-state index contributed by atoms with van der Waals surface area (Å²) >= 11 is 3.49. The van der Waals surface area contributed by atoms with Crippen LogP contribution in [0.3, 0.4) is 0 Å². The molecule has 198 valence electrons. The number of hydrogen-bond donors (Lipinski definition) is 0. The summed E-state index contributed by atoms with van der Waals surface area (Å²) in [7, 11) is 1.31. The van der Waals surface area contributed by atoms with Crippen molar-refractivity contribution in [2.45, 2.75) is 13.0 Å². The summed E-state index contributed by atoms with van der Waals surface area (Å²) in [6.45, 7) is 1.61. The van der Waals surface area contributed by atoms with Gasteiger partial charge in [-0.1, -0.05) is 58.4 Å². The molecule has 6 rings (SSSR count). The monoisotopic (exact) mass is 595 g/mol. The number of aromatic nitrogens is 2. The molecule has 0 N–H and O–H groups in total. The minimum Gasteiger partial charge on any atom is -0.478 e. The number of para-hydroxylation sites is 1. The third-order valence-corrected chi connectivity index (χ3v) is 7.02. The number of furan rings is 1. The lowest BCUT2D eigenvalue weighted by Gasteiger charge is -2.16. The summed E-state index contributed by atoms with van der Waals surface area (Å²) in [5.74, 6) is 0.543. The van der Waals surface area contributed by atoms with Crippen LogP contribution in [-0.4, -0.2) is 35.1 Å². The van der Waals surface area contributed by atoms with Gasteiger partial charge in [0, 0.05) is 15.4 Å².